The highest BCUT2D eigenvalue weighted by Gasteiger charge is 2.35. The highest BCUT2D eigenvalue weighted by Crippen LogP contribution is 2.34. The third-order valence-electron chi connectivity index (χ3n) is 3.45. The number of ether oxygens (including phenoxy) is 1. The predicted molar refractivity (Wildman–Crippen MR) is 89.1 cm³/mol. The van der Waals surface area contributed by atoms with Crippen LogP contribution in [0.1, 0.15) is 29.9 Å². The number of carbonyl (C=O) groups excluding carboxylic acids is 2. The van der Waals surface area contributed by atoms with Gasteiger partial charge in [-0.05, 0) is 44.2 Å². The van der Waals surface area contributed by atoms with E-state index in [9.17, 15) is 9.59 Å². The van der Waals surface area contributed by atoms with Gasteiger partial charge in [-0.3, -0.25) is 14.6 Å². The number of fused-ring (bicyclic) bond motifs is 1. The Morgan fingerprint density at radius 2 is 2.17 bits per heavy atom. The maximum absolute atomic E-state index is 12.1. The topological polar surface area (TPSA) is 92.7 Å². The van der Waals surface area contributed by atoms with Crippen LogP contribution in [0.5, 0.6) is 5.75 Å². The Bertz CT molecular complexity index is 816. The largest absolute Gasteiger partial charge is 0.476 e. The number of carbonyl (C=O) groups is 2. The summed E-state index contributed by atoms with van der Waals surface area (Å²) in [4.78, 5) is 28.1. The quantitative estimate of drug-likeness (QED) is 0.667. The summed E-state index contributed by atoms with van der Waals surface area (Å²) in [5, 5.41) is 6.60. The summed E-state index contributed by atoms with van der Waals surface area (Å²) in [6, 6.07) is 10.2. The fourth-order valence-electron chi connectivity index (χ4n) is 2.13. The molecule has 2 N–H and O–H groups in total. The van der Waals surface area contributed by atoms with Gasteiger partial charge in [0, 0.05) is 11.8 Å². The molecule has 0 atom stereocenters. The number of nitrogens with one attached hydrogen (secondary N) is 2. The molecule has 0 saturated heterocycles. The molecule has 1 aliphatic heterocycles. The van der Waals surface area contributed by atoms with Crippen LogP contribution in [-0.2, 0) is 4.79 Å². The number of aromatic nitrogens is 1. The minimum atomic E-state index is -0.941. The first kappa shape index (κ1) is 15.7. The van der Waals surface area contributed by atoms with Crippen molar-refractivity contribution in [3.05, 3.63) is 53.9 Å². The molecule has 7 heteroatoms. The van der Waals surface area contributed by atoms with Crippen molar-refractivity contribution in [3.8, 4) is 5.75 Å². The van der Waals surface area contributed by atoms with Gasteiger partial charge in [0.25, 0.3) is 11.8 Å². The van der Waals surface area contributed by atoms with E-state index in [4.69, 9.17) is 4.74 Å². The highest BCUT2D eigenvalue weighted by atomic mass is 16.5. The van der Waals surface area contributed by atoms with Gasteiger partial charge in [-0.25, -0.2) is 5.43 Å². The molecule has 0 fully saturated rings. The molecular formula is C17H16N4O3. The SMILES string of the molecule is CC1(C)Oc2ccc(C(=O)N/N=C/c3ccccn3)cc2NC1=O. The molecular weight excluding hydrogens is 308 g/mol. The first-order valence-corrected chi connectivity index (χ1v) is 7.35. The van der Waals surface area contributed by atoms with Gasteiger partial charge in [-0.1, -0.05) is 6.07 Å². The van der Waals surface area contributed by atoms with E-state index in [0.717, 1.165) is 0 Å². The summed E-state index contributed by atoms with van der Waals surface area (Å²) < 4.78 is 5.62. The average molecular weight is 324 g/mol. The lowest BCUT2D eigenvalue weighted by Gasteiger charge is -2.31. The van der Waals surface area contributed by atoms with E-state index in [1.165, 1.54) is 6.21 Å². The molecule has 2 amide bonds. The van der Waals surface area contributed by atoms with E-state index >= 15 is 0 Å². The molecule has 0 unspecified atom stereocenters. The lowest BCUT2D eigenvalue weighted by Crippen LogP contribution is -2.45. The Morgan fingerprint density at radius 3 is 2.92 bits per heavy atom. The molecule has 1 aromatic heterocycles. The van der Waals surface area contributed by atoms with Gasteiger partial charge >= 0.3 is 0 Å². The van der Waals surface area contributed by atoms with Crippen molar-refractivity contribution < 1.29 is 14.3 Å². The zero-order chi connectivity index (χ0) is 17.2. The van der Waals surface area contributed by atoms with Gasteiger partial charge in [0.2, 0.25) is 0 Å². The second-order valence-corrected chi connectivity index (χ2v) is 5.73. The first-order chi connectivity index (χ1) is 11.5. The second-order valence-electron chi connectivity index (χ2n) is 5.73. The number of benzene rings is 1. The molecule has 2 heterocycles. The van der Waals surface area contributed by atoms with Crippen LogP contribution in [0.4, 0.5) is 5.69 Å². The fourth-order valence-corrected chi connectivity index (χ4v) is 2.13. The van der Waals surface area contributed by atoms with Crippen LogP contribution in [0, 0.1) is 0 Å². The molecule has 0 saturated carbocycles. The van der Waals surface area contributed by atoms with Gasteiger partial charge in [-0.2, -0.15) is 5.10 Å². The molecule has 2 aromatic rings. The third-order valence-corrected chi connectivity index (χ3v) is 3.45. The number of hydrazone groups is 1. The Balaban J connectivity index is 1.72. The summed E-state index contributed by atoms with van der Waals surface area (Å²) in [5.41, 5.74) is 2.92. The second kappa shape index (κ2) is 6.11. The van der Waals surface area contributed by atoms with Crippen LogP contribution in [-0.4, -0.2) is 28.6 Å². The van der Waals surface area contributed by atoms with Gasteiger partial charge in [0.15, 0.2) is 5.60 Å². The first-order valence-electron chi connectivity index (χ1n) is 7.35. The van der Waals surface area contributed by atoms with Gasteiger partial charge in [0.1, 0.15) is 5.75 Å². The smallest absolute Gasteiger partial charge is 0.271 e. The van der Waals surface area contributed by atoms with E-state index < -0.39 is 11.5 Å². The normalized spacial score (nSPS) is 15.3. The molecule has 1 aromatic carbocycles. The highest BCUT2D eigenvalue weighted by molar-refractivity contribution is 6.02. The van der Waals surface area contributed by atoms with Crippen LogP contribution < -0.4 is 15.5 Å². The molecule has 1 aliphatic rings. The zero-order valence-corrected chi connectivity index (χ0v) is 13.2. The van der Waals surface area contributed by atoms with E-state index in [-0.39, 0.29) is 5.91 Å². The lowest BCUT2D eigenvalue weighted by molar-refractivity contribution is -0.129. The molecule has 24 heavy (non-hydrogen) atoms. The van der Waals surface area contributed by atoms with Crippen LogP contribution in [0.2, 0.25) is 0 Å². The zero-order valence-electron chi connectivity index (χ0n) is 13.2. The number of rotatable bonds is 3. The van der Waals surface area contributed by atoms with Crippen molar-refractivity contribution in [1.29, 1.82) is 0 Å². The van der Waals surface area contributed by atoms with E-state index in [1.54, 1.807) is 50.4 Å². The minimum Gasteiger partial charge on any atom is -0.476 e. The van der Waals surface area contributed by atoms with Crippen molar-refractivity contribution in [2.45, 2.75) is 19.4 Å². The maximum Gasteiger partial charge on any atom is 0.271 e. The molecule has 0 bridgehead atoms. The summed E-state index contributed by atoms with van der Waals surface area (Å²) in [7, 11) is 0. The van der Waals surface area contributed by atoms with E-state index in [2.05, 4.69) is 20.8 Å². The number of anilines is 1. The maximum atomic E-state index is 12.1. The summed E-state index contributed by atoms with van der Waals surface area (Å²) in [6.45, 7) is 3.36. The van der Waals surface area contributed by atoms with Gasteiger partial charge < -0.3 is 10.1 Å². The standard InChI is InChI=1S/C17H16N4O3/c1-17(2)16(23)20-13-9-11(6-7-14(13)24-17)15(22)21-19-10-12-5-3-4-8-18-12/h3-10H,1-2H3,(H,20,23)(H,21,22)/b19-10+. The number of pyridine rings is 1. The molecule has 122 valence electrons. The Labute approximate surface area is 138 Å². The van der Waals surface area contributed by atoms with Gasteiger partial charge in [0.05, 0.1) is 17.6 Å². The Morgan fingerprint density at radius 1 is 1.33 bits per heavy atom. The van der Waals surface area contributed by atoms with Crippen LogP contribution in [0.3, 0.4) is 0 Å². The average Bonchev–Trinajstić information content (AvgIpc) is 2.56. The third kappa shape index (κ3) is 3.24. The number of nitrogens with zero attached hydrogens (tertiary/aromatic N) is 2. The molecule has 0 aliphatic carbocycles. The molecule has 3 rings (SSSR count). The summed E-state index contributed by atoms with van der Waals surface area (Å²) in [5.74, 6) is -0.141. The lowest BCUT2D eigenvalue weighted by atomic mass is 10.0. The van der Waals surface area contributed by atoms with E-state index in [0.29, 0.717) is 22.7 Å². The predicted octanol–water partition coefficient (Wildman–Crippen LogP) is 1.95. The fraction of sp³-hybridized carbons (Fsp3) is 0.176. The van der Waals surface area contributed by atoms with Crippen LogP contribution in [0.15, 0.2) is 47.7 Å². The number of hydrogen-bond acceptors (Lipinski definition) is 5. The number of amides is 2. The van der Waals surface area contributed by atoms with Crippen molar-refractivity contribution in [3.63, 3.8) is 0 Å². The molecule has 0 radical (unpaired) electrons. The van der Waals surface area contributed by atoms with Crippen molar-refractivity contribution in [1.82, 2.24) is 10.4 Å². The van der Waals surface area contributed by atoms with Gasteiger partial charge in [-0.15, -0.1) is 0 Å². The summed E-state index contributed by atoms with van der Waals surface area (Å²) >= 11 is 0. The minimum absolute atomic E-state index is 0.263. The monoisotopic (exact) mass is 324 g/mol. The molecule has 0 spiro atoms. The summed E-state index contributed by atoms with van der Waals surface area (Å²) in [6.07, 6.45) is 3.08. The molecule has 7 nitrogen and oxygen atoms in total. The van der Waals surface area contributed by atoms with Crippen molar-refractivity contribution in [2.75, 3.05) is 5.32 Å². The Hall–Kier alpha value is -3.22. The van der Waals surface area contributed by atoms with Crippen LogP contribution in [0.25, 0.3) is 0 Å². The number of hydrogen-bond donors (Lipinski definition) is 2. The van der Waals surface area contributed by atoms with Crippen molar-refractivity contribution >= 4 is 23.7 Å². The van der Waals surface area contributed by atoms with Crippen LogP contribution >= 0.6 is 0 Å². The van der Waals surface area contributed by atoms with Crippen molar-refractivity contribution in [2.24, 2.45) is 5.10 Å². The van der Waals surface area contributed by atoms with E-state index in [1.807, 2.05) is 6.07 Å². The Kier molecular flexibility index (Phi) is 3.99.